The van der Waals surface area contributed by atoms with Gasteiger partial charge >= 0.3 is 0 Å². The Morgan fingerprint density at radius 2 is 2.11 bits per heavy atom. The molecule has 18 heavy (non-hydrogen) atoms. The number of hydrogen-bond donors (Lipinski definition) is 1. The Kier molecular flexibility index (Phi) is 5.29. The summed E-state index contributed by atoms with van der Waals surface area (Å²) < 4.78 is 2.09. The lowest BCUT2D eigenvalue weighted by Gasteiger charge is -2.00. The van der Waals surface area contributed by atoms with Crippen LogP contribution in [0.5, 0.6) is 0 Å². The topological polar surface area (TPSA) is 37.8 Å². The van der Waals surface area contributed by atoms with Crippen LogP contribution >= 0.6 is 43.2 Å². The maximum Gasteiger partial charge on any atom is 0.148 e. The van der Waals surface area contributed by atoms with Crippen LogP contribution in [-0.4, -0.2) is 23.3 Å². The maximum absolute atomic E-state index is 4.26. The van der Waals surface area contributed by atoms with Gasteiger partial charge in [0.1, 0.15) is 10.0 Å². The van der Waals surface area contributed by atoms with Gasteiger partial charge in [0, 0.05) is 27.5 Å². The number of halogens is 2. The molecule has 3 nitrogen and oxygen atoms in total. The van der Waals surface area contributed by atoms with Crippen LogP contribution < -0.4 is 5.32 Å². The minimum Gasteiger partial charge on any atom is -0.317 e. The summed E-state index contributed by atoms with van der Waals surface area (Å²) >= 11 is 8.67. The largest absolute Gasteiger partial charge is 0.317 e. The van der Waals surface area contributed by atoms with Gasteiger partial charge in [-0.25, -0.2) is 0 Å². The van der Waals surface area contributed by atoms with E-state index >= 15 is 0 Å². The molecule has 1 aromatic heterocycles. The fraction of sp³-hybridized carbons (Fsp3) is 0.333. The summed E-state index contributed by atoms with van der Waals surface area (Å²) in [4.78, 5) is 0. The van der Waals surface area contributed by atoms with E-state index in [2.05, 4.69) is 60.4 Å². The van der Waals surface area contributed by atoms with Crippen molar-refractivity contribution < 1.29 is 0 Å². The average Bonchev–Trinajstić information content (AvgIpc) is 2.81. The highest BCUT2D eigenvalue weighted by molar-refractivity contribution is 9.11. The average molecular weight is 391 g/mol. The Hall–Kier alpha value is -0.300. The van der Waals surface area contributed by atoms with Crippen molar-refractivity contribution in [2.45, 2.75) is 13.3 Å². The van der Waals surface area contributed by atoms with Crippen molar-refractivity contribution in [1.29, 1.82) is 0 Å². The second-order valence-corrected chi connectivity index (χ2v) is 6.56. The summed E-state index contributed by atoms with van der Waals surface area (Å²) in [6.45, 7) is 4.04. The highest BCUT2D eigenvalue weighted by atomic mass is 79.9. The molecule has 2 aromatic rings. The minimum absolute atomic E-state index is 0.928. The molecular weight excluding hydrogens is 378 g/mol. The summed E-state index contributed by atoms with van der Waals surface area (Å²) in [5, 5.41) is 13.8. The normalized spacial score (nSPS) is 10.8. The lowest BCUT2D eigenvalue weighted by molar-refractivity contribution is 0.710. The second-order valence-electron chi connectivity index (χ2n) is 3.73. The zero-order valence-electron chi connectivity index (χ0n) is 9.91. The third kappa shape index (κ3) is 3.60. The molecule has 0 atom stereocenters. The van der Waals surface area contributed by atoms with Gasteiger partial charge in [-0.15, -0.1) is 10.2 Å². The van der Waals surface area contributed by atoms with E-state index in [1.807, 2.05) is 12.1 Å². The quantitative estimate of drug-likeness (QED) is 0.787. The fourth-order valence-corrected chi connectivity index (χ4v) is 3.29. The predicted molar refractivity (Wildman–Crippen MR) is 83.0 cm³/mol. The monoisotopic (exact) mass is 389 g/mol. The Morgan fingerprint density at radius 3 is 2.89 bits per heavy atom. The van der Waals surface area contributed by atoms with Gasteiger partial charge in [0.25, 0.3) is 0 Å². The Balaban J connectivity index is 2.16. The Morgan fingerprint density at radius 1 is 1.28 bits per heavy atom. The van der Waals surface area contributed by atoms with E-state index in [9.17, 15) is 0 Å². The van der Waals surface area contributed by atoms with Crippen LogP contribution in [0.3, 0.4) is 0 Å². The molecule has 0 fully saturated rings. The molecule has 1 heterocycles. The molecule has 0 unspecified atom stereocenters. The molecule has 1 aromatic carbocycles. The Labute approximate surface area is 127 Å². The first-order valence-electron chi connectivity index (χ1n) is 5.69. The van der Waals surface area contributed by atoms with Crippen molar-refractivity contribution in [3.8, 4) is 10.6 Å². The van der Waals surface area contributed by atoms with Crippen molar-refractivity contribution in [1.82, 2.24) is 15.5 Å². The number of rotatable bonds is 5. The summed E-state index contributed by atoms with van der Waals surface area (Å²) in [5.41, 5.74) is 1.08. The van der Waals surface area contributed by atoms with Crippen molar-refractivity contribution in [3.05, 3.63) is 32.2 Å². The molecule has 0 aliphatic heterocycles. The van der Waals surface area contributed by atoms with E-state index in [1.54, 1.807) is 11.3 Å². The van der Waals surface area contributed by atoms with Gasteiger partial charge in [0.05, 0.1) is 0 Å². The summed E-state index contributed by atoms with van der Waals surface area (Å²) in [5.74, 6) is 0. The molecular formula is C12H13Br2N3S. The highest BCUT2D eigenvalue weighted by Gasteiger charge is 2.10. The lowest BCUT2D eigenvalue weighted by atomic mass is 10.2. The molecule has 0 spiro atoms. The third-order valence-corrected chi connectivity index (χ3v) is 4.59. The smallest absolute Gasteiger partial charge is 0.148 e. The van der Waals surface area contributed by atoms with Gasteiger partial charge in [0.15, 0.2) is 0 Å². The van der Waals surface area contributed by atoms with Gasteiger partial charge in [-0.2, -0.15) is 0 Å². The molecule has 6 heteroatoms. The maximum atomic E-state index is 4.26. The zero-order chi connectivity index (χ0) is 13.0. The van der Waals surface area contributed by atoms with Crippen LogP contribution in [0.25, 0.3) is 10.6 Å². The van der Waals surface area contributed by atoms with Crippen molar-refractivity contribution in [2.24, 2.45) is 0 Å². The first-order chi connectivity index (χ1) is 8.70. The van der Waals surface area contributed by atoms with Crippen molar-refractivity contribution in [2.75, 3.05) is 13.1 Å². The SMILES string of the molecule is CCNCCc1nnc(-c2cc(Br)ccc2Br)s1. The summed E-state index contributed by atoms with van der Waals surface area (Å²) in [6, 6.07) is 6.07. The van der Waals surface area contributed by atoms with E-state index in [4.69, 9.17) is 0 Å². The number of hydrogen-bond acceptors (Lipinski definition) is 4. The van der Waals surface area contributed by atoms with Gasteiger partial charge in [-0.3, -0.25) is 0 Å². The van der Waals surface area contributed by atoms with Crippen LogP contribution in [0.2, 0.25) is 0 Å². The molecule has 0 aliphatic rings. The first-order valence-corrected chi connectivity index (χ1v) is 8.09. The zero-order valence-corrected chi connectivity index (χ0v) is 13.9. The second kappa shape index (κ2) is 6.75. The summed E-state index contributed by atoms with van der Waals surface area (Å²) in [6.07, 6.45) is 0.928. The standard InChI is InChI=1S/C12H13Br2N3S/c1-2-15-6-5-11-16-17-12(18-11)9-7-8(13)3-4-10(9)14/h3-4,7,15H,2,5-6H2,1H3. The number of nitrogens with zero attached hydrogens (tertiary/aromatic N) is 2. The molecule has 0 amide bonds. The first kappa shape index (κ1) is 14.1. The van der Waals surface area contributed by atoms with Crippen LogP contribution in [0.1, 0.15) is 11.9 Å². The van der Waals surface area contributed by atoms with Crippen LogP contribution in [0, 0.1) is 0 Å². The lowest BCUT2D eigenvalue weighted by Crippen LogP contribution is -2.15. The molecule has 2 rings (SSSR count). The van der Waals surface area contributed by atoms with Gasteiger partial charge in [0.2, 0.25) is 0 Å². The van der Waals surface area contributed by atoms with Crippen molar-refractivity contribution >= 4 is 43.2 Å². The van der Waals surface area contributed by atoms with E-state index in [1.165, 1.54) is 0 Å². The molecule has 1 N–H and O–H groups in total. The molecule has 96 valence electrons. The Bertz CT molecular complexity index is 528. The molecule has 0 saturated heterocycles. The van der Waals surface area contributed by atoms with Crippen molar-refractivity contribution in [3.63, 3.8) is 0 Å². The third-order valence-electron chi connectivity index (χ3n) is 2.39. The summed E-state index contributed by atoms with van der Waals surface area (Å²) in [7, 11) is 0. The van der Waals surface area contributed by atoms with E-state index in [0.29, 0.717) is 0 Å². The fourth-order valence-electron chi connectivity index (χ4n) is 1.50. The minimum atomic E-state index is 0.928. The molecule has 0 aliphatic carbocycles. The number of aromatic nitrogens is 2. The number of nitrogens with one attached hydrogen (secondary N) is 1. The van der Waals surface area contributed by atoms with E-state index in [0.717, 1.165) is 44.0 Å². The van der Waals surface area contributed by atoms with Gasteiger partial charge in [-0.1, -0.05) is 50.1 Å². The number of likely N-dealkylation sites (N-methyl/N-ethyl adjacent to an activating group) is 1. The molecule has 0 saturated carbocycles. The molecule has 0 radical (unpaired) electrons. The number of benzene rings is 1. The highest BCUT2D eigenvalue weighted by Crippen LogP contribution is 2.32. The van der Waals surface area contributed by atoms with Crippen LogP contribution in [0.15, 0.2) is 27.1 Å². The van der Waals surface area contributed by atoms with Crippen LogP contribution in [0.4, 0.5) is 0 Å². The predicted octanol–water partition coefficient (Wildman–Crippen LogP) is 3.88. The van der Waals surface area contributed by atoms with Gasteiger partial charge < -0.3 is 5.32 Å². The molecule has 0 bridgehead atoms. The van der Waals surface area contributed by atoms with Crippen LogP contribution in [-0.2, 0) is 6.42 Å². The van der Waals surface area contributed by atoms with E-state index in [-0.39, 0.29) is 0 Å². The van der Waals surface area contributed by atoms with E-state index < -0.39 is 0 Å². The van der Waals surface area contributed by atoms with Gasteiger partial charge in [-0.05, 0) is 24.7 Å².